The lowest BCUT2D eigenvalue weighted by atomic mass is 10.2. The van der Waals surface area contributed by atoms with Crippen LogP contribution in [-0.4, -0.2) is 40.1 Å². The minimum Gasteiger partial charge on any atom is -0.497 e. The first-order chi connectivity index (χ1) is 14.5. The molecule has 5 rings (SSSR count). The zero-order valence-corrected chi connectivity index (χ0v) is 15.8. The summed E-state index contributed by atoms with van der Waals surface area (Å²) >= 11 is 0. The average Bonchev–Trinajstić information content (AvgIpc) is 3.35. The predicted molar refractivity (Wildman–Crippen MR) is 101 cm³/mol. The summed E-state index contributed by atoms with van der Waals surface area (Å²) in [4.78, 5) is 8.69. The van der Waals surface area contributed by atoms with Crippen LogP contribution in [-0.2, 0) is 6.54 Å². The van der Waals surface area contributed by atoms with Crippen LogP contribution in [0, 0.1) is 0 Å². The third-order valence-electron chi connectivity index (χ3n) is 4.68. The number of nitrogens with zero attached hydrogens (tertiary/aromatic N) is 4. The molecule has 4 aromatic rings. The molecule has 2 aromatic carbocycles. The molecule has 0 fully saturated rings. The first kappa shape index (κ1) is 18.2. The Kier molecular flexibility index (Phi) is 3.98. The monoisotopic (exact) mass is 415 g/mol. The number of ether oxygens (including phenoxy) is 4. The molecule has 0 amide bonds. The second-order valence-corrected chi connectivity index (χ2v) is 6.42. The van der Waals surface area contributed by atoms with Crippen molar-refractivity contribution in [1.82, 2.24) is 19.6 Å². The second-order valence-electron chi connectivity index (χ2n) is 6.42. The summed E-state index contributed by atoms with van der Waals surface area (Å²) in [7, 11) is 3.13. The summed E-state index contributed by atoms with van der Waals surface area (Å²) in [5.41, 5.74) is 1.46. The molecule has 0 atom stereocenters. The number of nitrogens with one attached hydrogen (secondary N) is 1. The van der Waals surface area contributed by atoms with E-state index < -0.39 is 6.29 Å². The van der Waals surface area contributed by atoms with Gasteiger partial charge in [-0.15, -0.1) is 8.78 Å². The summed E-state index contributed by atoms with van der Waals surface area (Å²) in [6.45, 7) is 0.323. The highest BCUT2D eigenvalue weighted by atomic mass is 19.3. The maximum absolute atomic E-state index is 13.6. The Balaban J connectivity index is 1.57. The van der Waals surface area contributed by atoms with Crippen LogP contribution in [0.3, 0.4) is 0 Å². The summed E-state index contributed by atoms with van der Waals surface area (Å²) in [6, 6.07) is 8.39. The van der Waals surface area contributed by atoms with Gasteiger partial charge in [-0.3, -0.25) is 0 Å². The zero-order chi connectivity index (χ0) is 20.9. The lowest BCUT2D eigenvalue weighted by molar-refractivity contribution is -0.286. The van der Waals surface area contributed by atoms with E-state index in [0.29, 0.717) is 35.0 Å². The highest BCUT2D eigenvalue weighted by Gasteiger charge is 2.44. The van der Waals surface area contributed by atoms with E-state index in [1.54, 1.807) is 32.4 Å². The Morgan fingerprint density at radius 1 is 1.13 bits per heavy atom. The first-order valence-corrected chi connectivity index (χ1v) is 8.86. The van der Waals surface area contributed by atoms with Crippen molar-refractivity contribution in [1.29, 1.82) is 0 Å². The van der Waals surface area contributed by atoms with Gasteiger partial charge in [-0.25, -0.2) is 9.97 Å². The fraction of sp³-hybridized carbons (Fsp3) is 0.211. The Morgan fingerprint density at radius 3 is 2.80 bits per heavy atom. The van der Waals surface area contributed by atoms with Crippen molar-refractivity contribution in [3.63, 3.8) is 0 Å². The highest BCUT2D eigenvalue weighted by molar-refractivity contribution is 5.97. The van der Waals surface area contributed by atoms with Gasteiger partial charge in [0.2, 0.25) is 5.95 Å². The molecule has 30 heavy (non-hydrogen) atoms. The van der Waals surface area contributed by atoms with Gasteiger partial charge in [-0.05, 0) is 24.3 Å². The van der Waals surface area contributed by atoms with Gasteiger partial charge in [0, 0.05) is 23.6 Å². The molecule has 1 aliphatic rings. The van der Waals surface area contributed by atoms with E-state index in [1.807, 2.05) is 6.07 Å². The van der Waals surface area contributed by atoms with Crippen molar-refractivity contribution >= 4 is 22.5 Å². The normalized spacial score (nSPS) is 14.3. The van der Waals surface area contributed by atoms with Crippen molar-refractivity contribution in [3.05, 3.63) is 42.2 Å². The average molecular weight is 415 g/mol. The Bertz CT molecular complexity index is 1280. The van der Waals surface area contributed by atoms with Gasteiger partial charge < -0.3 is 24.3 Å². The molecule has 0 saturated heterocycles. The molecule has 0 unspecified atom stereocenters. The minimum atomic E-state index is -3.75. The van der Waals surface area contributed by atoms with Crippen LogP contribution < -0.4 is 24.3 Å². The molecule has 0 saturated carbocycles. The van der Waals surface area contributed by atoms with Crippen LogP contribution in [0.1, 0.15) is 5.56 Å². The quantitative estimate of drug-likeness (QED) is 0.531. The molecule has 1 aliphatic heterocycles. The Hall–Kier alpha value is -3.89. The lowest BCUT2D eigenvalue weighted by Gasteiger charge is -2.13. The molecule has 9 nitrogen and oxygen atoms in total. The van der Waals surface area contributed by atoms with E-state index in [1.165, 1.54) is 16.9 Å². The van der Waals surface area contributed by atoms with Gasteiger partial charge in [0.1, 0.15) is 23.3 Å². The number of anilines is 1. The number of alkyl halides is 2. The minimum absolute atomic E-state index is 0.0911. The van der Waals surface area contributed by atoms with Crippen LogP contribution in [0.15, 0.2) is 36.7 Å². The predicted octanol–water partition coefficient (Wildman–Crippen LogP) is 3.23. The number of aromatic nitrogens is 4. The lowest BCUT2D eigenvalue weighted by Crippen LogP contribution is -2.26. The van der Waals surface area contributed by atoms with Crippen molar-refractivity contribution < 1.29 is 27.7 Å². The molecule has 11 heteroatoms. The summed E-state index contributed by atoms with van der Waals surface area (Å²) in [5.74, 6) is 1.33. The Morgan fingerprint density at radius 2 is 2.00 bits per heavy atom. The third-order valence-corrected chi connectivity index (χ3v) is 4.68. The van der Waals surface area contributed by atoms with Crippen LogP contribution in [0.2, 0.25) is 0 Å². The summed E-state index contributed by atoms with van der Waals surface area (Å²) < 4.78 is 48.5. The fourth-order valence-electron chi connectivity index (χ4n) is 3.31. The van der Waals surface area contributed by atoms with Crippen molar-refractivity contribution in [2.45, 2.75) is 12.8 Å². The molecular weight excluding hydrogens is 400 g/mol. The molecule has 0 bridgehead atoms. The SMILES string of the molecule is COc1ccc(CNc2nc3c4c(ccc3c3ncnn23)OC(F)(F)O4)c(OC)c1. The van der Waals surface area contributed by atoms with Crippen molar-refractivity contribution in [3.8, 4) is 23.0 Å². The van der Waals surface area contributed by atoms with Gasteiger partial charge in [0.05, 0.1) is 14.2 Å². The van der Waals surface area contributed by atoms with E-state index in [2.05, 4.69) is 29.9 Å². The molecule has 3 heterocycles. The fourth-order valence-corrected chi connectivity index (χ4v) is 3.31. The van der Waals surface area contributed by atoms with E-state index in [9.17, 15) is 8.78 Å². The molecule has 0 spiro atoms. The van der Waals surface area contributed by atoms with Gasteiger partial charge >= 0.3 is 6.29 Å². The van der Waals surface area contributed by atoms with Crippen molar-refractivity contribution in [2.24, 2.45) is 0 Å². The largest absolute Gasteiger partial charge is 0.586 e. The molecule has 154 valence electrons. The van der Waals surface area contributed by atoms with Crippen molar-refractivity contribution in [2.75, 3.05) is 19.5 Å². The van der Waals surface area contributed by atoms with Gasteiger partial charge in [-0.2, -0.15) is 9.61 Å². The second kappa shape index (κ2) is 6.58. The number of methoxy groups -OCH3 is 2. The molecular formula is C19H15F2N5O4. The zero-order valence-electron chi connectivity index (χ0n) is 15.8. The maximum Gasteiger partial charge on any atom is 0.586 e. The Labute approximate surface area is 168 Å². The molecule has 0 aliphatic carbocycles. The van der Waals surface area contributed by atoms with Crippen LogP contribution in [0.5, 0.6) is 23.0 Å². The summed E-state index contributed by atoms with van der Waals surface area (Å²) in [6.07, 6.45) is -2.39. The standard InChI is InChI=1S/C19H15F2N5O4/c1-27-11-4-3-10(14(7-11)28-2)8-22-18-25-15-12(17-23-9-24-26(17)18)5-6-13-16(15)30-19(20,21)29-13/h3-7,9H,8H2,1-2H3,(H,22,25). The van der Waals surface area contributed by atoms with Gasteiger partial charge in [-0.1, -0.05) is 0 Å². The number of hydrogen-bond donors (Lipinski definition) is 1. The van der Waals surface area contributed by atoms with Crippen LogP contribution in [0.25, 0.3) is 16.6 Å². The number of fused-ring (bicyclic) bond motifs is 5. The van der Waals surface area contributed by atoms with Crippen LogP contribution >= 0.6 is 0 Å². The molecule has 1 N–H and O–H groups in total. The van der Waals surface area contributed by atoms with E-state index in [-0.39, 0.29) is 17.0 Å². The highest BCUT2D eigenvalue weighted by Crippen LogP contribution is 2.45. The van der Waals surface area contributed by atoms with Gasteiger partial charge in [0.25, 0.3) is 0 Å². The number of benzene rings is 2. The summed E-state index contributed by atoms with van der Waals surface area (Å²) in [5, 5.41) is 7.83. The first-order valence-electron chi connectivity index (χ1n) is 8.86. The van der Waals surface area contributed by atoms with Gasteiger partial charge in [0.15, 0.2) is 17.1 Å². The third kappa shape index (κ3) is 2.86. The van der Waals surface area contributed by atoms with E-state index in [0.717, 1.165) is 5.56 Å². The molecule has 0 radical (unpaired) electrons. The number of rotatable bonds is 5. The smallest absolute Gasteiger partial charge is 0.497 e. The number of halogens is 2. The topological polar surface area (TPSA) is 92.0 Å². The van der Waals surface area contributed by atoms with E-state index >= 15 is 0 Å². The van der Waals surface area contributed by atoms with E-state index in [4.69, 9.17) is 9.47 Å². The maximum atomic E-state index is 13.6. The molecule has 2 aromatic heterocycles. The number of hydrogen-bond acceptors (Lipinski definition) is 8. The van der Waals surface area contributed by atoms with Crippen LogP contribution in [0.4, 0.5) is 14.7 Å².